The first-order valence-corrected chi connectivity index (χ1v) is 5.64. The van der Waals surface area contributed by atoms with E-state index < -0.39 is 0 Å². The van der Waals surface area contributed by atoms with Crippen molar-refractivity contribution < 1.29 is 9.21 Å². The average Bonchev–Trinajstić information content (AvgIpc) is 2.85. The van der Waals surface area contributed by atoms with Gasteiger partial charge < -0.3 is 14.6 Å². The van der Waals surface area contributed by atoms with Crippen LogP contribution in [-0.2, 0) is 0 Å². The minimum Gasteiger partial charge on any atom is -0.456 e. The monoisotopic (exact) mass is 222 g/mol. The third kappa shape index (κ3) is 1.97. The molecule has 1 aromatic rings. The summed E-state index contributed by atoms with van der Waals surface area (Å²) in [6.45, 7) is 5.63. The molecule has 1 unspecified atom stereocenters. The number of aryl methyl sites for hydroxylation is 2. The second kappa shape index (κ2) is 4.29. The van der Waals surface area contributed by atoms with E-state index in [1.807, 2.05) is 27.0 Å². The molecule has 0 spiro atoms. The summed E-state index contributed by atoms with van der Waals surface area (Å²) in [5.74, 6) is 1.25. The molecule has 16 heavy (non-hydrogen) atoms. The second-order valence-electron chi connectivity index (χ2n) is 4.43. The zero-order chi connectivity index (χ0) is 11.7. The Kier molecular flexibility index (Phi) is 3.01. The zero-order valence-electron chi connectivity index (χ0n) is 10.0. The van der Waals surface area contributed by atoms with Crippen molar-refractivity contribution in [1.29, 1.82) is 0 Å². The summed E-state index contributed by atoms with van der Waals surface area (Å²) in [5, 5.41) is 3.25. The van der Waals surface area contributed by atoms with E-state index in [1.54, 1.807) is 4.90 Å². The highest BCUT2D eigenvalue weighted by Crippen LogP contribution is 2.17. The molecule has 2 rings (SSSR count). The van der Waals surface area contributed by atoms with Crippen LogP contribution in [0.1, 0.15) is 28.3 Å². The van der Waals surface area contributed by atoms with Gasteiger partial charge in [-0.2, -0.15) is 0 Å². The summed E-state index contributed by atoms with van der Waals surface area (Å²) in [5.41, 5.74) is 0.917. The highest BCUT2D eigenvalue weighted by Gasteiger charge is 2.26. The lowest BCUT2D eigenvalue weighted by Crippen LogP contribution is -2.38. The van der Waals surface area contributed by atoms with E-state index in [1.165, 1.54) is 0 Å². The van der Waals surface area contributed by atoms with Gasteiger partial charge in [0.05, 0.1) is 0 Å². The second-order valence-corrected chi connectivity index (χ2v) is 4.43. The minimum absolute atomic E-state index is 0.0145. The Bertz CT molecular complexity index is 392. The maximum atomic E-state index is 12.2. The van der Waals surface area contributed by atoms with Gasteiger partial charge in [0.1, 0.15) is 5.76 Å². The molecule has 1 saturated heterocycles. The van der Waals surface area contributed by atoms with Crippen LogP contribution < -0.4 is 5.32 Å². The van der Waals surface area contributed by atoms with E-state index in [4.69, 9.17) is 4.42 Å². The fourth-order valence-corrected chi connectivity index (χ4v) is 2.15. The van der Waals surface area contributed by atoms with E-state index in [9.17, 15) is 4.79 Å². The van der Waals surface area contributed by atoms with Gasteiger partial charge in [-0.25, -0.2) is 0 Å². The van der Waals surface area contributed by atoms with Gasteiger partial charge in [-0.1, -0.05) is 0 Å². The number of carbonyl (C=O) groups is 1. The van der Waals surface area contributed by atoms with Gasteiger partial charge in [0.15, 0.2) is 5.76 Å². The Balaban J connectivity index is 2.14. The van der Waals surface area contributed by atoms with Gasteiger partial charge in [0.2, 0.25) is 0 Å². The Morgan fingerprint density at radius 3 is 2.81 bits per heavy atom. The molecule has 1 amide bonds. The zero-order valence-corrected chi connectivity index (χ0v) is 10.0. The lowest BCUT2D eigenvalue weighted by Gasteiger charge is -2.22. The summed E-state index contributed by atoms with van der Waals surface area (Å²) in [6.07, 6.45) is 1.01. The van der Waals surface area contributed by atoms with Gasteiger partial charge in [-0.3, -0.25) is 4.79 Å². The maximum absolute atomic E-state index is 12.2. The molecule has 0 aromatic carbocycles. The summed E-state index contributed by atoms with van der Waals surface area (Å²) < 4.78 is 5.45. The predicted octanol–water partition coefficient (Wildman–Crippen LogP) is 1.33. The number of nitrogens with one attached hydrogen (secondary N) is 1. The van der Waals surface area contributed by atoms with Crippen LogP contribution in [0.2, 0.25) is 0 Å². The first kappa shape index (κ1) is 11.2. The van der Waals surface area contributed by atoms with E-state index in [0.29, 0.717) is 5.76 Å². The molecule has 0 radical (unpaired) electrons. The van der Waals surface area contributed by atoms with E-state index in [0.717, 1.165) is 30.8 Å². The SMILES string of the molecule is Cc1cc(C)c(C(=O)N(C)C2CCNC2)o1. The molecule has 0 aliphatic carbocycles. The molecule has 1 atom stereocenters. The van der Waals surface area contributed by atoms with Crippen LogP contribution in [0.15, 0.2) is 10.5 Å². The van der Waals surface area contributed by atoms with E-state index in [-0.39, 0.29) is 11.9 Å². The van der Waals surface area contributed by atoms with Crippen LogP contribution in [0.3, 0.4) is 0 Å². The molecule has 88 valence electrons. The van der Waals surface area contributed by atoms with Crippen LogP contribution in [0.25, 0.3) is 0 Å². The average molecular weight is 222 g/mol. The summed E-state index contributed by atoms with van der Waals surface area (Å²) in [7, 11) is 1.84. The number of carbonyl (C=O) groups excluding carboxylic acids is 1. The number of amides is 1. The Morgan fingerprint density at radius 1 is 1.56 bits per heavy atom. The highest BCUT2D eigenvalue weighted by atomic mass is 16.4. The summed E-state index contributed by atoms with van der Waals surface area (Å²) in [4.78, 5) is 14.0. The smallest absolute Gasteiger partial charge is 0.289 e. The molecule has 1 N–H and O–H groups in total. The van der Waals surface area contributed by atoms with Crippen molar-refractivity contribution in [2.45, 2.75) is 26.3 Å². The van der Waals surface area contributed by atoms with E-state index >= 15 is 0 Å². The molecule has 4 heteroatoms. The van der Waals surface area contributed by atoms with Crippen molar-refractivity contribution in [1.82, 2.24) is 10.2 Å². The van der Waals surface area contributed by atoms with Gasteiger partial charge in [0, 0.05) is 25.2 Å². The van der Waals surface area contributed by atoms with Crippen LogP contribution in [-0.4, -0.2) is 37.0 Å². The standard InChI is InChI=1S/C12H18N2O2/c1-8-6-9(2)16-11(8)12(15)14(3)10-4-5-13-7-10/h6,10,13H,4-5,7H2,1-3H3. The van der Waals surface area contributed by atoms with Crippen LogP contribution in [0.5, 0.6) is 0 Å². The highest BCUT2D eigenvalue weighted by molar-refractivity contribution is 5.93. The van der Waals surface area contributed by atoms with Crippen LogP contribution >= 0.6 is 0 Å². The Hall–Kier alpha value is -1.29. The van der Waals surface area contributed by atoms with Crippen molar-refractivity contribution in [2.75, 3.05) is 20.1 Å². The lowest BCUT2D eigenvalue weighted by molar-refractivity contribution is 0.0709. The van der Waals surface area contributed by atoms with Gasteiger partial charge in [-0.05, 0) is 32.9 Å². The number of hydrogen-bond acceptors (Lipinski definition) is 3. The topological polar surface area (TPSA) is 45.5 Å². The number of hydrogen-bond donors (Lipinski definition) is 1. The van der Waals surface area contributed by atoms with Crippen LogP contribution in [0.4, 0.5) is 0 Å². The minimum atomic E-state index is -0.0145. The van der Waals surface area contributed by atoms with Crippen molar-refractivity contribution in [3.8, 4) is 0 Å². The van der Waals surface area contributed by atoms with Crippen molar-refractivity contribution in [3.63, 3.8) is 0 Å². The fraction of sp³-hybridized carbons (Fsp3) is 0.583. The molecule has 1 fully saturated rings. The number of furan rings is 1. The molecule has 1 aromatic heterocycles. The Morgan fingerprint density at radius 2 is 2.31 bits per heavy atom. The van der Waals surface area contributed by atoms with Crippen molar-refractivity contribution in [2.24, 2.45) is 0 Å². The van der Waals surface area contributed by atoms with Crippen molar-refractivity contribution >= 4 is 5.91 Å². The first-order chi connectivity index (χ1) is 7.59. The molecule has 0 bridgehead atoms. The fourth-order valence-electron chi connectivity index (χ4n) is 2.15. The largest absolute Gasteiger partial charge is 0.456 e. The number of rotatable bonds is 2. The number of likely N-dealkylation sites (N-methyl/N-ethyl adjacent to an activating group) is 1. The third-order valence-electron chi connectivity index (χ3n) is 3.14. The number of nitrogens with zero attached hydrogens (tertiary/aromatic N) is 1. The van der Waals surface area contributed by atoms with E-state index in [2.05, 4.69) is 5.32 Å². The lowest BCUT2D eigenvalue weighted by atomic mass is 10.2. The molecule has 4 nitrogen and oxygen atoms in total. The third-order valence-corrected chi connectivity index (χ3v) is 3.14. The summed E-state index contributed by atoms with van der Waals surface area (Å²) in [6, 6.07) is 2.19. The van der Waals surface area contributed by atoms with Gasteiger partial charge in [-0.15, -0.1) is 0 Å². The van der Waals surface area contributed by atoms with Crippen molar-refractivity contribution in [3.05, 3.63) is 23.2 Å². The molecule has 1 aliphatic rings. The Labute approximate surface area is 95.6 Å². The normalized spacial score (nSPS) is 20.1. The van der Waals surface area contributed by atoms with Gasteiger partial charge in [0.25, 0.3) is 5.91 Å². The molecular weight excluding hydrogens is 204 g/mol. The molecule has 1 aliphatic heterocycles. The predicted molar refractivity (Wildman–Crippen MR) is 61.6 cm³/mol. The molecule has 2 heterocycles. The maximum Gasteiger partial charge on any atom is 0.289 e. The first-order valence-electron chi connectivity index (χ1n) is 5.64. The van der Waals surface area contributed by atoms with Gasteiger partial charge >= 0.3 is 0 Å². The molecule has 0 saturated carbocycles. The summed E-state index contributed by atoms with van der Waals surface area (Å²) >= 11 is 0. The van der Waals surface area contributed by atoms with Crippen LogP contribution in [0, 0.1) is 13.8 Å². The quantitative estimate of drug-likeness (QED) is 0.821. The molecular formula is C12H18N2O2.